The Balaban J connectivity index is 3.70. The lowest BCUT2D eigenvalue weighted by molar-refractivity contribution is 0.155. The number of hydrogen-bond acceptors (Lipinski definition) is 3. The first-order valence-corrected chi connectivity index (χ1v) is 11.7. The van der Waals surface area contributed by atoms with Crippen LogP contribution in [0.5, 0.6) is 0 Å². The molecule has 0 saturated carbocycles. The molecule has 0 saturated heterocycles. The minimum Gasteiger partial charge on any atom is -0.436 e. The van der Waals surface area contributed by atoms with Crippen LogP contribution >= 0.6 is 0 Å². The maximum atomic E-state index is 10.1. The van der Waals surface area contributed by atoms with Crippen LogP contribution in [-0.4, -0.2) is 34.9 Å². The van der Waals surface area contributed by atoms with Crippen molar-refractivity contribution < 1.29 is 13.6 Å². The third-order valence-electron chi connectivity index (χ3n) is 1.80. The van der Waals surface area contributed by atoms with Crippen molar-refractivity contribution in [2.24, 2.45) is 0 Å². The van der Waals surface area contributed by atoms with Crippen molar-refractivity contribution in [3.63, 3.8) is 0 Å². The van der Waals surface area contributed by atoms with E-state index in [0.29, 0.717) is 13.2 Å². The highest BCUT2D eigenvalue weighted by Gasteiger charge is 2.32. The molecule has 3 nitrogen and oxygen atoms in total. The van der Waals surface area contributed by atoms with Crippen LogP contribution in [0.4, 0.5) is 0 Å². The SMILES string of the molecule is C=C(C)COCCC[Si](C)(O)O[Si](C)(C)C. The van der Waals surface area contributed by atoms with Gasteiger partial charge < -0.3 is 13.6 Å². The standard InChI is InChI=1S/C11H26O3Si2/c1-11(2)10-13-8-7-9-16(6,12)14-15(3,4)5/h12H,1,7-10H2,2-6H3. The molecule has 0 fully saturated rings. The molecule has 0 aromatic heterocycles. The van der Waals surface area contributed by atoms with Crippen molar-refractivity contribution in [1.29, 1.82) is 0 Å². The van der Waals surface area contributed by atoms with Gasteiger partial charge in [0.2, 0.25) is 0 Å². The summed E-state index contributed by atoms with van der Waals surface area (Å²) in [5.41, 5.74) is 1.03. The van der Waals surface area contributed by atoms with Crippen LogP contribution in [0.3, 0.4) is 0 Å². The lowest BCUT2D eigenvalue weighted by Crippen LogP contribution is -2.44. The topological polar surface area (TPSA) is 38.7 Å². The molecule has 0 amide bonds. The van der Waals surface area contributed by atoms with Crippen molar-refractivity contribution in [2.45, 2.75) is 45.6 Å². The molecule has 0 aromatic rings. The lowest BCUT2D eigenvalue weighted by Gasteiger charge is -2.29. The van der Waals surface area contributed by atoms with Crippen LogP contribution in [0, 0.1) is 0 Å². The highest BCUT2D eigenvalue weighted by molar-refractivity contribution is 6.81. The normalized spacial score (nSPS) is 15.9. The van der Waals surface area contributed by atoms with Crippen LogP contribution in [0.15, 0.2) is 12.2 Å². The molecule has 0 aromatic carbocycles. The molecule has 0 heterocycles. The van der Waals surface area contributed by atoms with Crippen molar-refractivity contribution in [3.05, 3.63) is 12.2 Å². The number of rotatable bonds is 8. The average molecular weight is 262 g/mol. The second-order valence-electron chi connectivity index (χ2n) is 5.50. The molecule has 0 rings (SSSR count). The van der Waals surface area contributed by atoms with Gasteiger partial charge in [-0.25, -0.2) is 0 Å². The summed E-state index contributed by atoms with van der Waals surface area (Å²) in [5, 5.41) is 0. The molecule has 0 bridgehead atoms. The summed E-state index contributed by atoms with van der Waals surface area (Å²) in [4.78, 5) is 10.1. The van der Waals surface area contributed by atoms with Crippen molar-refractivity contribution in [2.75, 3.05) is 13.2 Å². The van der Waals surface area contributed by atoms with Gasteiger partial charge in [0.05, 0.1) is 6.61 Å². The fourth-order valence-corrected chi connectivity index (χ4v) is 7.94. The van der Waals surface area contributed by atoms with Crippen LogP contribution in [0.1, 0.15) is 13.3 Å². The molecule has 0 aliphatic heterocycles. The average Bonchev–Trinajstić information content (AvgIpc) is 1.97. The van der Waals surface area contributed by atoms with E-state index in [-0.39, 0.29) is 0 Å². The van der Waals surface area contributed by atoms with Crippen LogP contribution < -0.4 is 0 Å². The summed E-state index contributed by atoms with van der Waals surface area (Å²) in [6.07, 6.45) is 0.858. The van der Waals surface area contributed by atoms with Gasteiger partial charge in [-0.15, -0.1) is 0 Å². The Morgan fingerprint density at radius 2 is 1.81 bits per heavy atom. The smallest absolute Gasteiger partial charge is 0.322 e. The minimum atomic E-state index is -2.46. The third kappa shape index (κ3) is 10.6. The molecule has 0 aliphatic rings. The Morgan fingerprint density at radius 1 is 1.25 bits per heavy atom. The van der Waals surface area contributed by atoms with Crippen molar-refractivity contribution >= 4 is 16.9 Å². The molecule has 0 radical (unpaired) electrons. The Kier molecular flexibility index (Phi) is 6.73. The van der Waals surface area contributed by atoms with Gasteiger partial charge >= 0.3 is 8.56 Å². The van der Waals surface area contributed by atoms with Gasteiger partial charge in [-0.3, -0.25) is 0 Å². The van der Waals surface area contributed by atoms with Gasteiger partial charge in [-0.1, -0.05) is 12.2 Å². The second kappa shape index (κ2) is 6.71. The largest absolute Gasteiger partial charge is 0.436 e. The summed E-state index contributed by atoms with van der Waals surface area (Å²) in [6.45, 7) is 15.2. The van der Waals surface area contributed by atoms with E-state index in [0.717, 1.165) is 18.0 Å². The van der Waals surface area contributed by atoms with E-state index >= 15 is 0 Å². The van der Waals surface area contributed by atoms with Crippen molar-refractivity contribution in [3.8, 4) is 0 Å². The Bertz CT molecular complexity index is 222. The fraction of sp³-hybridized carbons (Fsp3) is 0.818. The lowest BCUT2D eigenvalue weighted by atomic mass is 10.4. The zero-order valence-electron chi connectivity index (χ0n) is 11.3. The predicted octanol–water partition coefficient (Wildman–Crippen LogP) is 2.89. The maximum absolute atomic E-state index is 10.1. The van der Waals surface area contributed by atoms with E-state index in [2.05, 4.69) is 26.2 Å². The second-order valence-corrected chi connectivity index (χ2v) is 13.4. The van der Waals surface area contributed by atoms with Gasteiger partial charge in [0.1, 0.15) is 0 Å². The summed E-state index contributed by atoms with van der Waals surface area (Å²) in [6, 6.07) is 0.744. The van der Waals surface area contributed by atoms with E-state index in [1.807, 2.05) is 13.5 Å². The molecule has 96 valence electrons. The highest BCUT2D eigenvalue weighted by atomic mass is 28.4. The molecule has 1 atom stereocenters. The zero-order chi connectivity index (χ0) is 12.8. The Hall–Kier alpha value is 0.0538. The molecular formula is C11H26O3Si2. The molecule has 1 N–H and O–H groups in total. The summed E-state index contributed by atoms with van der Waals surface area (Å²) < 4.78 is 11.2. The molecular weight excluding hydrogens is 236 g/mol. The van der Waals surface area contributed by atoms with E-state index in [1.54, 1.807) is 0 Å². The van der Waals surface area contributed by atoms with Crippen molar-refractivity contribution in [1.82, 2.24) is 0 Å². The van der Waals surface area contributed by atoms with Crippen LogP contribution in [0.25, 0.3) is 0 Å². The van der Waals surface area contributed by atoms with E-state index in [4.69, 9.17) is 8.85 Å². The minimum absolute atomic E-state index is 0.610. The first-order chi connectivity index (χ1) is 7.12. The number of hydrogen-bond donors (Lipinski definition) is 1. The summed E-state index contributed by atoms with van der Waals surface area (Å²) in [7, 11) is -4.08. The van der Waals surface area contributed by atoms with Gasteiger partial charge in [0.15, 0.2) is 8.32 Å². The Labute approximate surface area is 102 Å². The van der Waals surface area contributed by atoms with Gasteiger partial charge in [-0.05, 0) is 45.6 Å². The van der Waals surface area contributed by atoms with Gasteiger partial charge in [0, 0.05) is 6.61 Å². The quantitative estimate of drug-likeness (QED) is 0.415. The highest BCUT2D eigenvalue weighted by Crippen LogP contribution is 2.17. The van der Waals surface area contributed by atoms with E-state index in [9.17, 15) is 4.80 Å². The summed E-state index contributed by atoms with van der Waals surface area (Å²) >= 11 is 0. The summed E-state index contributed by atoms with van der Waals surface area (Å²) in [5.74, 6) is 0. The third-order valence-corrected chi connectivity index (χ3v) is 7.29. The monoisotopic (exact) mass is 262 g/mol. The molecule has 0 spiro atoms. The maximum Gasteiger partial charge on any atom is 0.322 e. The molecule has 0 aliphatic carbocycles. The van der Waals surface area contributed by atoms with Gasteiger partial charge in [-0.2, -0.15) is 0 Å². The molecule has 1 unspecified atom stereocenters. The first-order valence-electron chi connectivity index (χ1n) is 5.77. The first kappa shape index (κ1) is 16.1. The molecule has 16 heavy (non-hydrogen) atoms. The van der Waals surface area contributed by atoms with E-state index in [1.165, 1.54) is 0 Å². The van der Waals surface area contributed by atoms with Gasteiger partial charge in [0.25, 0.3) is 0 Å². The van der Waals surface area contributed by atoms with Crippen LogP contribution in [0.2, 0.25) is 32.2 Å². The predicted molar refractivity (Wildman–Crippen MR) is 73.3 cm³/mol. The fourth-order valence-electron chi connectivity index (χ4n) is 1.46. The Morgan fingerprint density at radius 3 is 2.25 bits per heavy atom. The van der Waals surface area contributed by atoms with E-state index < -0.39 is 16.9 Å². The number of ether oxygens (including phenoxy) is 1. The molecule has 5 heteroatoms. The zero-order valence-corrected chi connectivity index (χ0v) is 13.3. The van der Waals surface area contributed by atoms with Crippen LogP contribution in [-0.2, 0) is 8.85 Å².